The molecule has 2 fully saturated rings. The minimum absolute atomic E-state index is 0.107. The van der Waals surface area contributed by atoms with E-state index in [1.165, 1.54) is 4.57 Å². The molecule has 2 aliphatic heterocycles. The third-order valence-corrected chi connectivity index (χ3v) is 7.63. The fourth-order valence-electron chi connectivity index (χ4n) is 5.43. The van der Waals surface area contributed by atoms with E-state index in [4.69, 9.17) is 23.2 Å². The SMILES string of the molecule is C[C@H]1[C@@H]2CN(c3c(C#N)c(=O)n(C)c4ccc(Cl)nc34)C[C@@H]2CN1Cc1ccc(Cl)cc1O. The standard InChI is InChI=1S/C24H23Cl2N5O2/c1-13-18-12-31(11-15(18)10-30(13)9-14-3-4-16(25)7-20(14)32)23-17(8-27)24(33)29(2)19-5-6-21(26)28-22(19)23/h3-7,13,15,18,32H,9-12H2,1-2H3/t13-,15-,18-/m0/s1. The van der Waals surface area contributed by atoms with E-state index in [9.17, 15) is 15.2 Å². The fourth-order valence-corrected chi connectivity index (χ4v) is 5.75. The number of benzene rings is 1. The zero-order valence-corrected chi connectivity index (χ0v) is 19.8. The van der Waals surface area contributed by atoms with Gasteiger partial charge in [-0.15, -0.1) is 0 Å². The van der Waals surface area contributed by atoms with Gasteiger partial charge in [-0.2, -0.15) is 5.26 Å². The maximum Gasteiger partial charge on any atom is 0.270 e. The summed E-state index contributed by atoms with van der Waals surface area (Å²) in [6.07, 6.45) is 0. The first kappa shape index (κ1) is 22.0. The monoisotopic (exact) mass is 483 g/mol. The van der Waals surface area contributed by atoms with Gasteiger partial charge in [-0.3, -0.25) is 9.69 Å². The normalized spacial score (nSPS) is 22.6. The number of hydrogen-bond donors (Lipinski definition) is 1. The van der Waals surface area contributed by atoms with Crippen LogP contribution >= 0.6 is 23.2 Å². The van der Waals surface area contributed by atoms with Crippen LogP contribution in [0.3, 0.4) is 0 Å². The number of aromatic hydroxyl groups is 1. The van der Waals surface area contributed by atoms with Crippen molar-refractivity contribution in [2.45, 2.75) is 19.5 Å². The highest BCUT2D eigenvalue weighted by Gasteiger charge is 2.46. The highest BCUT2D eigenvalue weighted by Crippen LogP contribution is 2.41. The lowest BCUT2D eigenvalue weighted by Gasteiger charge is -2.28. The van der Waals surface area contributed by atoms with Gasteiger partial charge in [0.2, 0.25) is 0 Å². The molecule has 2 aromatic heterocycles. The molecular weight excluding hydrogens is 461 g/mol. The van der Waals surface area contributed by atoms with E-state index in [1.807, 2.05) is 6.07 Å². The molecule has 1 aromatic carbocycles. The van der Waals surface area contributed by atoms with Crippen LogP contribution in [0.4, 0.5) is 5.69 Å². The predicted molar refractivity (Wildman–Crippen MR) is 129 cm³/mol. The summed E-state index contributed by atoms with van der Waals surface area (Å²) in [4.78, 5) is 21.9. The van der Waals surface area contributed by atoms with Crippen molar-refractivity contribution in [3.05, 3.63) is 62.0 Å². The second kappa shape index (κ2) is 8.21. The number of phenolic OH excluding ortho intramolecular Hbond substituents is 1. The summed E-state index contributed by atoms with van der Waals surface area (Å²) < 4.78 is 1.46. The van der Waals surface area contributed by atoms with Gasteiger partial charge in [-0.05, 0) is 43.0 Å². The van der Waals surface area contributed by atoms with Crippen molar-refractivity contribution in [2.24, 2.45) is 18.9 Å². The minimum Gasteiger partial charge on any atom is -0.508 e. The Balaban J connectivity index is 1.45. The first-order valence-electron chi connectivity index (χ1n) is 10.8. The van der Waals surface area contributed by atoms with Gasteiger partial charge in [0.05, 0.1) is 11.2 Å². The Labute approximate surface area is 201 Å². The molecule has 2 aliphatic rings. The Bertz CT molecular complexity index is 1370. The molecule has 3 atom stereocenters. The average Bonchev–Trinajstić information content (AvgIpc) is 3.31. The molecule has 3 aromatic rings. The second-order valence-corrected chi connectivity index (χ2v) is 9.80. The lowest BCUT2D eigenvalue weighted by Crippen LogP contribution is -2.35. The smallest absolute Gasteiger partial charge is 0.270 e. The molecule has 0 spiro atoms. The van der Waals surface area contributed by atoms with Gasteiger partial charge in [0.1, 0.15) is 28.1 Å². The van der Waals surface area contributed by atoms with Crippen LogP contribution in [0.15, 0.2) is 35.1 Å². The Morgan fingerprint density at radius 3 is 2.70 bits per heavy atom. The Morgan fingerprint density at radius 2 is 2.00 bits per heavy atom. The quantitative estimate of drug-likeness (QED) is 0.570. The van der Waals surface area contributed by atoms with Crippen LogP contribution in [0.1, 0.15) is 18.1 Å². The number of aryl methyl sites for hydroxylation is 1. The van der Waals surface area contributed by atoms with E-state index in [0.29, 0.717) is 45.3 Å². The van der Waals surface area contributed by atoms with Crippen LogP contribution < -0.4 is 10.5 Å². The molecule has 0 bridgehead atoms. The summed E-state index contributed by atoms with van der Waals surface area (Å²) in [5.41, 5.74) is 2.46. The molecule has 170 valence electrons. The third kappa shape index (κ3) is 3.63. The van der Waals surface area contributed by atoms with Gasteiger partial charge >= 0.3 is 0 Å². The summed E-state index contributed by atoms with van der Waals surface area (Å²) in [6, 6.07) is 11.1. The van der Waals surface area contributed by atoms with Crippen molar-refractivity contribution < 1.29 is 5.11 Å². The van der Waals surface area contributed by atoms with E-state index in [1.54, 1.807) is 31.3 Å². The number of fused-ring (bicyclic) bond motifs is 2. The van der Waals surface area contributed by atoms with Crippen molar-refractivity contribution >= 4 is 39.9 Å². The van der Waals surface area contributed by atoms with Crippen molar-refractivity contribution in [3.8, 4) is 11.8 Å². The average molecular weight is 484 g/mol. The number of halogens is 2. The van der Waals surface area contributed by atoms with Gasteiger partial charge < -0.3 is 14.6 Å². The zero-order chi connectivity index (χ0) is 23.4. The van der Waals surface area contributed by atoms with Crippen molar-refractivity contribution in [1.29, 1.82) is 5.26 Å². The Kier molecular flexibility index (Phi) is 5.48. The van der Waals surface area contributed by atoms with E-state index in [2.05, 4.69) is 27.8 Å². The largest absolute Gasteiger partial charge is 0.508 e. The maximum absolute atomic E-state index is 12.9. The molecule has 7 nitrogen and oxygen atoms in total. The minimum atomic E-state index is -0.325. The zero-order valence-electron chi connectivity index (χ0n) is 18.3. The van der Waals surface area contributed by atoms with Crippen LogP contribution in [-0.2, 0) is 13.6 Å². The molecule has 5 rings (SSSR count). The second-order valence-electron chi connectivity index (χ2n) is 8.97. The number of anilines is 1. The number of pyridine rings is 2. The highest BCUT2D eigenvalue weighted by atomic mass is 35.5. The van der Waals surface area contributed by atoms with Crippen LogP contribution in [-0.4, -0.2) is 45.2 Å². The van der Waals surface area contributed by atoms with Crippen LogP contribution in [0.5, 0.6) is 5.75 Å². The Morgan fingerprint density at radius 1 is 1.21 bits per heavy atom. The lowest BCUT2D eigenvalue weighted by atomic mass is 9.95. The molecule has 33 heavy (non-hydrogen) atoms. The van der Waals surface area contributed by atoms with E-state index < -0.39 is 0 Å². The fraction of sp³-hybridized carbons (Fsp3) is 0.375. The number of aromatic nitrogens is 2. The third-order valence-electron chi connectivity index (χ3n) is 7.19. The number of hydrogen-bond acceptors (Lipinski definition) is 6. The first-order valence-corrected chi connectivity index (χ1v) is 11.6. The molecule has 0 radical (unpaired) electrons. The topological polar surface area (TPSA) is 85.4 Å². The summed E-state index contributed by atoms with van der Waals surface area (Å²) in [7, 11) is 1.65. The highest BCUT2D eigenvalue weighted by molar-refractivity contribution is 6.30. The molecule has 1 N–H and O–H groups in total. The molecule has 0 unspecified atom stereocenters. The molecule has 9 heteroatoms. The molecule has 0 aliphatic carbocycles. The van der Waals surface area contributed by atoms with Gasteiger partial charge in [0, 0.05) is 49.9 Å². The molecular formula is C24H23Cl2N5O2. The summed E-state index contributed by atoms with van der Waals surface area (Å²) >= 11 is 12.2. The van der Waals surface area contributed by atoms with E-state index in [0.717, 1.165) is 25.2 Å². The van der Waals surface area contributed by atoms with Crippen LogP contribution in [0.25, 0.3) is 11.0 Å². The number of phenols is 1. The summed E-state index contributed by atoms with van der Waals surface area (Å²) in [5, 5.41) is 20.9. The van der Waals surface area contributed by atoms with Crippen LogP contribution in [0, 0.1) is 23.2 Å². The number of nitrogens with zero attached hydrogens (tertiary/aromatic N) is 5. The molecule has 0 saturated carbocycles. The van der Waals surface area contributed by atoms with Gasteiger partial charge in [-0.1, -0.05) is 29.3 Å². The molecule has 2 saturated heterocycles. The number of likely N-dealkylation sites (tertiary alicyclic amines) is 1. The van der Waals surface area contributed by atoms with Gasteiger partial charge in [-0.25, -0.2) is 4.98 Å². The van der Waals surface area contributed by atoms with E-state index >= 15 is 0 Å². The molecule has 0 amide bonds. The van der Waals surface area contributed by atoms with Crippen molar-refractivity contribution in [3.63, 3.8) is 0 Å². The maximum atomic E-state index is 12.9. The lowest BCUT2D eigenvalue weighted by molar-refractivity contribution is 0.231. The number of rotatable bonds is 3. The van der Waals surface area contributed by atoms with E-state index in [-0.39, 0.29) is 22.9 Å². The molecule has 4 heterocycles. The summed E-state index contributed by atoms with van der Waals surface area (Å²) in [6.45, 7) is 5.16. The van der Waals surface area contributed by atoms with Gasteiger partial charge in [0.25, 0.3) is 5.56 Å². The van der Waals surface area contributed by atoms with Crippen molar-refractivity contribution in [1.82, 2.24) is 14.5 Å². The van der Waals surface area contributed by atoms with Crippen LogP contribution in [0.2, 0.25) is 10.2 Å². The predicted octanol–water partition coefficient (Wildman–Crippen LogP) is 3.77. The van der Waals surface area contributed by atoms with Crippen molar-refractivity contribution in [2.75, 3.05) is 24.5 Å². The van der Waals surface area contributed by atoms with Gasteiger partial charge in [0.15, 0.2) is 0 Å². The number of nitriles is 1. The summed E-state index contributed by atoms with van der Waals surface area (Å²) in [5.74, 6) is 0.949. The Hall–Kier alpha value is -2.79. The first-order chi connectivity index (χ1) is 15.8.